The van der Waals surface area contributed by atoms with E-state index in [1.165, 1.54) is 0 Å². The van der Waals surface area contributed by atoms with E-state index in [-0.39, 0.29) is 0 Å². The van der Waals surface area contributed by atoms with Crippen LogP contribution in [0.5, 0.6) is 0 Å². The average molecular weight is 225 g/mol. The fraction of sp³-hybridized carbons (Fsp3) is 0.727. The smallest absolute Gasteiger partial charge is 0.0815 e. The minimum absolute atomic E-state index is 0.601. The minimum Gasteiger partial charge on any atom is -0.388 e. The van der Waals surface area contributed by atoms with Crippen LogP contribution < -0.4 is 5.32 Å². The highest BCUT2D eigenvalue weighted by atomic mass is 16.5. The Kier molecular flexibility index (Phi) is 3.58. The summed E-state index contributed by atoms with van der Waals surface area (Å²) < 4.78 is 5.23. The molecule has 5 nitrogen and oxygen atoms in total. The largest absolute Gasteiger partial charge is 0.388 e. The second-order valence-corrected chi connectivity index (χ2v) is 4.46. The molecule has 16 heavy (non-hydrogen) atoms. The SMILES string of the molecule is Cc1[nH]ncc1CNCC1(O)CCOCC1. The van der Waals surface area contributed by atoms with Gasteiger partial charge in [-0.1, -0.05) is 0 Å². The molecule has 0 saturated carbocycles. The van der Waals surface area contributed by atoms with Gasteiger partial charge in [-0.25, -0.2) is 0 Å². The van der Waals surface area contributed by atoms with E-state index in [4.69, 9.17) is 4.74 Å². The van der Waals surface area contributed by atoms with Gasteiger partial charge in [-0.15, -0.1) is 0 Å². The molecule has 0 radical (unpaired) electrons. The summed E-state index contributed by atoms with van der Waals surface area (Å²) in [6, 6.07) is 0. The normalized spacial score (nSPS) is 19.9. The molecule has 5 heteroatoms. The fourth-order valence-electron chi connectivity index (χ4n) is 1.91. The van der Waals surface area contributed by atoms with Gasteiger partial charge in [0, 0.05) is 50.4 Å². The zero-order chi connectivity index (χ0) is 11.4. The van der Waals surface area contributed by atoms with Crippen LogP contribution in [0.1, 0.15) is 24.1 Å². The van der Waals surface area contributed by atoms with Crippen molar-refractivity contribution < 1.29 is 9.84 Å². The molecule has 0 spiro atoms. The van der Waals surface area contributed by atoms with E-state index in [0.717, 1.165) is 17.8 Å². The van der Waals surface area contributed by atoms with Gasteiger partial charge in [0.15, 0.2) is 0 Å². The number of aromatic nitrogens is 2. The van der Waals surface area contributed by atoms with Crippen LogP contribution in [0.25, 0.3) is 0 Å². The van der Waals surface area contributed by atoms with E-state index in [2.05, 4.69) is 15.5 Å². The summed E-state index contributed by atoms with van der Waals surface area (Å²) in [7, 11) is 0. The lowest BCUT2D eigenvalue weighted by Crippen LogP contribution is -2.44. The number of nitrogens with zero attached hydrogens (tertiary/aromatic N) is 1. The first-order valence-electron chi connectivity index (χ1n) is 5.69. The number of hydrogen-bond acceptors (Lipinski definition) is 4. The van der Waals surface area contributed by atoms with E-state index in [1.807, 2.05) is 13.1 Å². The van der Waals surface area contributed by atoms with Crippen molar-refractivity contribution in [2.24, 2.45) is 0 Å². The van der Waals surface area contributed by atoms with Crippen LogP contribution in [-0.4, -0.2) is 40.7 Å². The van der Waals surface area contributed by atoms with Crippen LogP contribution >= 0.6 is 0 Å². The maximum atomic E-state index is 10.2. The number of ether oxygens (including phenoxy) is 1. The van der Waals surface area contributed by atoms with Gasteiger partial charge in [-0.2, -0.15) is 5.10 Å². The third kappa shape index (κ3) is 2.81. The highest BCUT2D eigenvalue weighted by molar-refractivity contribution is 5.13. The first-order chi connectivity index (χ1) is 7.70. The Morgan fingerprint density at radius 1 is 1.56 bits per heavy atom. The van der Waals surface area contributed by atoms with Crippen molar-refractivity contribution in [1.29, 1.82) is 0 Å². The average Bonchev–Trinajstić information content (AvgIpc) is 2.65. The number of hydrogen-bond donors (Lipinski definition) is 3. The lowest BCUT2D eigenvalue weighted by Gasteiger charge is -2.32. The summed E-state index contributed by atoms with van der Waals surface area (Å²) in [5, 5.41) is 20.3. The van der Waals surface area contributed by atoms with Crippen LogP contribution in [0.4, 0.5) is 0 Å². The molecule has 1 aliphatic rings. The Hall–Kier alpha value is -0.910. The molecule has 0 bridgehead atoms. The van der Waals surface area contributed by atoms with Gasteiger partial charge in [0.1, 0.15) is 0 Å². The molecule has 2 rings (SSSR count). The minimum atomic E-state index is -0.601. The molecule has 0 aliphatic carbocycles. The molecule has 0 aromatic carbocycles. The Labute approximate surface area is 95.2 Å². The molecule has 1 saturated heterocycles. The third-order valence-electron chi connectivity index (χ3n) is 3.13. The zero-order valence-electron chi connectivity index (χ0n) is 9.62. The lowest BCUT2D eigenvalue weighted by atomic mass is 9.94. The van der Waals surface area contributed by atoms with E-state index in [1.54, 1.807) is 0 Å². The standard InChI is InChI=1S/C11H19N3O2/c1-9-10(7-13-14-9)6-12-8-11(15)2-4-16-5-3-11/h7,12,15H,2-6,8H2,1H3,(H,13,14). The number of rotatable bonds is 4. The van der Waals surface area contributed by atoms with E-state index in [9.17, 15) is 5.11 Å². The second kappa shape index (κ2) is 4.95. The molecular formula is C11H19N3O2. The van der Waals surface area contributed by atoms with Gasteiger partial charge in [0.05, 0.1) is 11.8 Å². The Bertz CT molecular complexity index is 332. The first kappa shape index (κ1) is 11.6. The number of nitrogens with one attached hydrogen (secondary N) is 2. The topological polar surface area (TPSA) is 70.2 Å². The third-order valence-corrected chi connectivity index (χ3v) is 3.13. The predicted octanol–water partition coefficient (Wildman–Crippen LogP) is 0.349. The molecule has 1 aromatic rings. The summed E-state index contributed by atoms with van der Waals surface area (Å²) in [5.74, 6) is 0. The van der Waals surface area contributed by atoms with Gasteiger partial charge < -0.3 is 15.2 Å². The Morgan fingerprint density at radius 3 is 2.94 bits per heavy atom. The molecule has 3 N–H and O–H groups in total. The predicted molar refractivity (Wildman–Crippen MR) is 60.0 cm³/mol. The summed E-state index contributed by atoms with van der Waals surface area (Å²) >= 11 is 0. The molecule has 1 aromatic heterocycles. The summed E-state index contributed by atoms with van der Waals surface area (Å²) in [6.07, 6.45) is 3.24. The quantitative estimate of drug-likeness (QED) is 0.691. The molecule has 0 atom stereocenters. The van der Waals surface area contributed by atoms with Gasteiger partial charge >= 0.3 is 0 Å². The van der Waals surface area contributed by atoms with Crippen LogP contribution in [0, 0.1) is 6.92 Å². The molecule has 2 heterocycles. The van der Waals surface area contributed by atoms with Crippen molar-refractivity contribution in [3.05, 3.63) is 17.5 Å². The van der Waals surface area contributed by atoms with Crippen molar-refractivity contribution in [3.8, 4) is 0 Å². The van der Waals surface area contributed by atoms with Crippen molar-refractivity contribution >= 4 is 0 Å². The maximum absolute atomic E-state index is 10.2. The van der Waals surface area contributed by atoms with Gasteiger partial charge in [0.2, 0.25) is 0 Å². The maximum Gasteiger partial charge on any atom is 0.0815 e. The molecular weight excluding hydrogens is 206 g/mol. The number of aryl methyl sites for hydroxylation is 1. The summed E-state index contributed by atoms with van der Waals surface area (Å²) in [6.45, 7) is 4.66. The van der Waals surface area contributed by atoms with Crippen molar-refractivity contribution in [2.45, 2.75) is 31.9 Å². The zero-order valence-corrected chi connectivity index (χ0v) is 9.62. The highest BCUT2D eigenvalue weighted by Crippen LogP contribution is 2.19. The van der Waals surface area contributed by atoms with E-state index < -0.39 is 5.60 Å². The van der Waals surface area contributed by atoms with Crippen molar-refractivity contribution in [1.82, 2.24) is 15.5 Å². The van der Waals surface area contributed by atoms with Gasteiger partial charge in [-0.05, 0) is 6.92 Å². The van der Waals surface area contributed by atoms with Gasteiger partial charge in [0.25, 0.3) is 0 Å². The molecule has 90 valence electrons. The van der Waals surface area contributed by atoms with Crippen LogP contribution in [0.2, 0.25) is 0 Å². The van der Waals surface area contributed by atoms with Crippen molar-refractivity contribution in [3.63, 3.8) is 0 Å². The number of H-pyrrole nitrogens is 1. The van der Waals surface area contributed by atoms with Crippen LogP contribution in [-0.2, 0) is 11.3 Å². The van der Waals surface area contributed by atoms with Gasteiger partial charge in [-0.3, -0.25) is 5.10 Å². The number of aliphatic hydroxyl groups is 1. The Morgan fingerprint density at radius 2 is 2.31 bits per heavy atom. The summed E-state index contributed by atoms with van der Waals surface area (Å²) in [4.78, 5) is 0. The Balaban J connectivity index is 1.77. The molecule has 1 fully saturated rings. The second-order valence-electron chi connectivity index (χ2n) is 4.46. The first-order valence-corrected chi connectivity index (χ1v) is 5.69. The molecule has 1 aliphatic heterocycles. The van der Waals surface area contributed by atoms with E-state index in [0.29, 0.717) is 32.6 Å². The van der Waals surface area contributed by atoms with Crippen LogP contribution in [0.15, 0.2) is 6.20 Å². The molecule has 0 amide bonds. The lowest BCUT2D eigenvalue weighted by molar-refractivity contribution is -0.0617. The molecule has 0 unspecified atom stereocenters. The highest BCUT2D eigenvalue weighted by Gasteiger charge is 2.29. The van der Waals surface area contributed by atoms with Crippen molar-refractivity contribution in [2.75, 3.05) is 19.8 Å². The van der Waals surface area contributed by atoms with Crippen LogP contribution in [0.3, 0.4) is 0 Å². The fourth-order valence-corrected chi connectivity index (χ4v) is 1.91. The summed E-state index contributed by atoms with van der Waals surface area (Å²) in [5.41, 5.74) is 1.62. The van der Waals surface area contributed by atoms with E-state index >= 15 is 0 Å². The number of aromatic amines is 1. The monoisotopic (exact) mass is 225 g/mol.